The molecule has 0 aliphatic heterocycles. The van der Waals surface area contributed by atoms with E-state index in [2.05, 4.69) is 5.10 Å². The van der Waals surface area contributed by atoms with Crippen molar-refractivity contribution in [2.75, 3.05) is 5.73 Å². The van der Waals surface area contributed by atoms with Crippen molar-refractivity contribution >= 4 is 17.4 Å². The van der Waals surface area contributed by atoms with Gasteiger partial charge in [-0.25, -0.2) is 9.07 Å². The van der Waals surface area contributed by atoms with Crippen LogP contribution in [0.15, 0.2) is 24.4 Å². The third-order valence-electron chi connectivity index (χ3n) is 2.40. The summed E-state index contributed by atoms with van der Waals surface area (Å²) in [6.45, 7) is 2.13. The fourth-order valence-corrected chi connectivity index (χ4v) is 1.55. The SMILES string of the molecule is Cc1ccc(Cn2ncc(Cl)c2N)cc1F. The highest BCUT2D eigenvalue weighted by atomic mass is 35.5. The van der Waals surface area contributed by atoms with Crippen LogP contribution in [0.25, 0.3) is 0 Å². The van der Waals surface area contributed by atoms with Gasteiger partial charge < -0.3 is 5.73 Å². The van der Waals surface area contributed by atoms with Crippen LogP contribution in [-0.2, 0) is 6.54 Å². The molecule has 0 fully saturated rings. The van der Waals surface area contributed by atoms with Gasteiger partial charge in [-0.05, 0) is 24.1 Å². The zero-order valence-electron chi connectivity index (χ0n) is 8.74. The predicted molar refractivity (Wildman–Crippen MR) is 61.9 cm³/mol. The summed E-state index contributed by atoms with van der Waals surface area (Å²) in [6.07, 6.45) is 1.47. The summed E-state index contributed by atoms with van der Waals surface area (Å²) in [4.78, 5) is 0. The fraction of sp³-hybridized carbons (Fsp3) is 0.182. The van der Waals surface area contributed by atoms with Crippen LogP contribution >= 0.6 is 11.6 Å². The summed E-state index contributed by atoms with van der Waals surface area (Å²) < 4.78 is 14.8. The highest BCUT2D eigenvalue weighted by Crippen LogP contribution is 2.18. The number of nitrogens with zero attached hydrogens (tertiary/aromatic N) is 2. The highest BCUT2D eigenvalue weighted by Gasteiger charge is 2.06. The van der Waals surface area contributed by atoms with E-state index in [1.54, 1.807) is 13.0 Å². The van der Waals surface area contributed by atoms with Crippen LogP contribution in [-0.4, -0.2) is 9.78 Å². The van der Waals surface area contributed by atoms with Crippen molar-refractivity contribution < 1.29 is 4.39 Å². The molecular formula is C11H11ClFN3. The zero-order valence-corrected chi connectivity index (χ0v) is 9.50. The van der Waals surface area contributed by atoms with Crippen molar-refractivity contribution in [3.05, 3.63) is 46.4 Å². The second kappa shape index (κ2) is 4.14. The number of aromatic nitrogens is 2. The van der Waals surface area contributed by atoms with E-state index in [4.69, 9.17) is 17.3 Å². The van der Waals surface area contributed by atoms with Gasteiger partial charge in [-0.15, -0.1) is 0 Å². The van der Waals surface area contributed by atoms with E-state index in [-0.39, 0.29) is 5.82 Å². The summed E-state index contributed by atoms with van der Waals surface area (Å²) in [5.41, 5.74) is 7.11. The Bertz CT molecular complexity index is 522. The second-order valence-corrected chi connectivity index (χ2v) is 4.03. The number of rotatable bonds is 2. The minimum Gasteiger partial charge on any atom is -0.383 e. The van der Waals surface area contributed by atoms with Crippen molar-refractivity contribution in [2.45, 2.75) is 13.5 Å². The molecule has 0 bridgehead atoms. The molecule has 0 radical (unpaired) electrons. The smallest absolute Gasteiger partial charge is 0.140 e. The summed E-state index contributed by atoms with van der Waals surface area (Å²) in [7, 11) is 0. The molecule has 0 aliphatic carbocycles. The number of hydrogen-bond donors (Lipinski definition) is 1. The first-order chi connectivity index (χ1) is 7.58. The molecule has 0 saturated heterocycles. The molecule has 0 aliphatic rings. The number of benzene rings is 1. The van der Waals surface area contributed by atoms with Gasteiger partial charge in [0.1, 0.15) is 16.7 Å². The van der Waals surface area contributed by atoms with Crippen molar-refractivity contribution in [1.82, 2.24) is 9.78 Å². The first-order valence-corrected chi connectivity index (χ1v) is 5.17. The lowest BCUT2D eigenvalue weighted by molar-refractivity contribution is 0.611. The van der Waals surface area contributed by atoms with E-state index in [0.29, 0.717) is 22.9 Å². The molecule has 0 saturated carbocycles. The van der Waals surface area contributed by atoms with Crippen LogP contribution in [0, 0.1) is 12.7 Å². The van der Waals surface area contributed by atoms with Gasteiger partial charge in [0.15, 0.2) is 0 Å². The zero-order chi connectivity index (χ0) is 11.7. The molecular weight excluding hydrogens is 229 g/mol. The van der Waals surface area contributed by atoms with Gasteiger partial charge in [0.05, 0.1) is 12.7 Å². The Kier molecular flexibility index (Phi) is 2.83. The highest BCUT2D eigenvalue weighted by molar-refractivity contribution is 6.32. The first-order valence-electron chi connectivity index (χ1n) is 4.79. The maximum absolute atomic E-state index is 13.3. The van der Waals surface area contributed by atoms with Crippen molar-refractivity contribution in [3.63, 3.8) is 0 Å². The molecule has 0 atom stereocenters. The molecule has 0 unspecified atom stereocenters. The van der Waals surface area contributed by atoms with Crippen molar-refractivity contribution in [1.29, 1.82) is 0 Å². The average molecular weight is 240 g/mol. The monoisotopic (exact) mass is 239 g/mol. The van der Waals surface area contributed by atoms with Gasteiger partial charge >= 0.3 is 0 Å². The lowest BCUT2D eigenvalue weighted by Gasteiger charge is -2.05. The number of anilines is 1. The molecule has 84 valence electrons. The molecule has 1 aromatic carbocycles. The predicted octanol–water partition coefficient (Wildman–Crippen LogP) is 2.61. The average Bonchev–Trinajstić information content (AvgIpc) is 2.55. The first kappa shape index (κ1) is 11.0. The minimum absolute atomic E-state index is 0.227. The lowest BCUT2D eigenvalue weighted by atomic mass is 10.1. The Balaban J connectivity index is 2.27. The Labute approximate surface area is 97.6 Å². The Morgan fingerprint density at radius 1 is 1.50 bits per heavy atom. The van der Waals surface area contributed by atoms with Gasteiger partial charge in [-0.1, -0.05) is 23.7 Å². The number of aryl methyl sites for hydroxylation is 1. The Morgan fingerprint density at radius 2 is 2.25 bits per heavy atom. The van der Waals surface area contributed by atoms with Crippen LogP contribution < -0.4 is 5.73 Å². The van der Waals surface area contributed by atoms with Crippen LogP contribution in [0.1, 0.15) is 11.1 Å². The maximum atomic E-state index is 13.3. The van der Waals surface area contributed by atoms with Gasteiger partial charge in [0.2, 0.25) is 0 Å². The van der Waals surface area contributed by atoms with Crippen LogP contribution in [0.2, 0.25) is 5.02 Å². The standard InChI is InChI=1S/C11H11ClFN3/c1-7-2-3-8(4-10(7)13)6-16-11(14)9(12)5-15-16/h2-5H,6,14H2,1H3. The van der Waals surface area contributed by atoms with Crippen LogP contribution in [0.4, 0.5) is 10.2 Å². The quantitative estimate of drug-likeness (QED) is 0.876. The maximum Gasteiger partial charge on any atom is 0.140 e. The summed E-state index contributed by atoms with van der Waals surface area (Å²) in [6, 6.07) is 5.05. The lowest BCUT2D eigenvalue weighted by Crippen LogP contribution is -2.06. The van der Waals surface area contributed by atoms with Gasteiger partial charge in [-0.2, -0.15) is 5.10 Å². The van der Waals surface area contributed by atoms with Crippen molar-refractivity contribution in [3.8, 4) is 0 Å². The van der Waals surface area contributed by atoms with E-state index >= 15 is 0 Å². The van der Waals surface area contributed by atoms with Gasteiger partial charge in [0.25, 0.3) is 0 Å². The molecule has 5 heteroatoms. The second-order valence-electron chi connectivity index (χ2n) is 3.62. The van der Waals surface area contributed by atoms with E-state index < -0.39 is 0 Å². The summed E-state index contributed by atoms with van der Waals surface area (Å²) in [5, 5.41) is 4.41. The largest absolute Gasteiger partial charge is 0.383 e. The normalized spacial score (nSPS) is 10.7. The molecule has 0 amide bonds. The molecule has 16 heavy (non-hydrogen) atoms. The van der Waals surface area contributed by atoms with E-state index in [1.807, 2.05) is 6.07 Å². The molecule has 2 aromatic rings. The van der Waals surface area contributed by atoms with Crippen molar-refractivity contribution in [2.24, 2.45) is 0 Å². The topological polar surface area (TPSA) is 43.8 Å². The Morgan fingerprint density at radius 3 is 2.81 bits per heavy atom. The number of nitrogens with two attached hydrogens (primary N) is 1. The van der Waals surface area contributed by atoms with Gasteiger partial charge in [-0.3, -0.25) is 0 Å². The Hall–Kier alpha value is -1.55. The number of hydrogen-bond acceptors (Lipinski definition) is 2. The summed E-state index contributed by atoms with van der Waals surface area (Å²) >= 11 is 5.77. The third-order valence-corrected chi connectivity index (χ3v) is 2.69. The number of nitrogen functional groups attached to an aromatic ring is 1. The molecule has 3 nitrogen and oxygen atoms in total. The molecule has 1 heterocycles. The summed E-state index contributed by atoms with van der Waals surface area (Å²) in [5.74, 6) is 0.164. The molecule has 2 N–H and O–H groups in total. The molecule has 1 aromatic heterocycles. The van der Waals surface area contributed by atoms with Crippen LogP contribution in [0.5, 0.6) is 0 Å². The van der Waals surface area contributed by atoms with E-state index in [0.717, 1.165) is 5.56 Å². The number of halogens is 2. The van der Waals surface area contributed by atoms with Crippen LogP contribution in [0.3, 0.4) is 0 Å². The van der Waals surface area contributed by atoms with E-state index in [1.165, 1.54) is 16.9 Å². The third kappa shape index (κ3) is 2.02. The molecule has 0 spiro atoms. The minimum atomic E-state index is -0.227. The van der Waals surface area contributed by atoms with E-state index in [9.17, 15) is 4.39 Å². The molecule has 2 rings (SSSR count). The van der Waals surface area contributed by atoms with Gasteiger partial charge in [0, 0.05) is 0 Å². The fourth-order valence-electron chi connectivity index (χ4n) is 1.41.